The van der Waals surface area contributed by atoms with Crippen molar-refractivity contribution in [3.63, 3.8) is 0 Å². The predicted octanol–water partition coefficient (Wildman–Crippen LogP) is 1.42. The first-order valence-electron chi connectivity index (χ1n) is 4.68. The Morgan fingerprint density at radius 2 is 2.06 bits per heavy atom. The third-order valence-electron chi connectivity index (χ3n) is 2.15. The summed E-state index contributed by atoms with van der Waals surface area (Å²) >= 11 is 0. The van der Waals surface area contributed by atoms with E-state index in [-0.39, 0.29) is 11.5 Å². The highest BCUT2D eigenvalue weighted by molar-refractivity contribution is 5.50. The van der Waals surface area contributed by atoms with Crippen molar-refractivity contribution in [2.24, 2.45) is 0 Å². The van der Waals surface area contributed by atoms with Crippen molar-refractivity contribution in [1.82, 2.24) is 9.78 Å². The summed E-state index contributed by atoms with van der Waals surface area (Å²) < 4.78 is 1.46. The molecule has 0 aliphatic carbocycles. The molecule has 1 aromatic carbocycles. The zero-order chi connectivity index (χ0) is 11.5. The van der Waals surface area contributed by atoms with Gasteiger partial charge in [0, 0.05) is 0 Å². The molecule has 0 atom stereocenters. The maximum atomic E-state index is 10.6. The van der Waals surface area contributed by atoms with Gasteiger partial charge in [0.1, 0.15) is 6.20 Å². The summed E-state index contributed by atoms with van der Waals surface area (Å²) in [6.45, 7) is 0.471. The van der Waals surface area contributed by atoms with Gasteiger partial charge < -0.3 is 5.73 Å². The summed E-state index contributed by atoms with van der Waals surface area (Å²) in [5, 5.41) is 14.4. The summed E-state index contributed by atoms with van der Waals surface area (Å²) in [6, 6.07) is 9.55. The lowest BCUT2D eigenvalue weighted by molar-refractivity contribution is -0.384. The lowest BCUT2D eigenvalue weighted by Gasteiger charge is -1.99. The molecule has 0 spiro atoms. The fourth-order valence-corrected chi connectivity index (χ4v) is 1.42. The summed E-state index contributed by atoms with van der Waals surface area (Å²) in [6.07, 6.45) is 1.34. The van der Waals surface area contributed by atoms with Gasteiger partial charge in [-0.25, -0.2) is 0 Å². The molecule has 6 nitrogen and oxygen atoms in total. The van der Waals surface area contributed by atoms with Crippen molar-refractivity contribution in [1.29, 1.82) is 0 Å². The minimum Gasteiger partial charge on any atom is -0.376 e. The standard InChI is InChI=1S/C10H10N4O2/c11-10-9(14(15)16)7-13(12-10)6-8-4-2-1-3-5-8/h1-5,7H,6H2,(H2,11,12). The molecule has 6 heteroatoms. The zero-order valence-corrected chi connectivity index (χ0v) is 8.41. The van der Waals surface area contributed by atoms with Gasteiger partial charge in [-0.3, -0.25) is 14.8 Å². The molecule has 0 saturated carbocycles. The van der Waals surface area contributed by atoms with E-state index < -0.39 is 4.92 Å². The quantitative estimate of drug-likeness (QED) is 0.623. The molecule has 0 aliphatic rings. The lowest BCUT2D eigenvalue weighted by Crippen LogP contribution is -2.00. The van der Waals surface area contributed by atoms with E-state index in [1.165, 1.54) is 10.9 Å². The molecule has 2 N–H and O–H groups in total. The monoisotopic (exact) mass is 218 g/mol. The zero-order valence-electron chi connectivity index (χ0n) is 8.41. The second kappa shape index (κ2) is 4.01. The maximum absolute atomic E-state index is 10.6. The van der Waals surface area contributed by atoms with Crippen LogP contribution in [0.5, 0.6) is 0 Å². The average molecular weight is 218 g/mol. The van der Waals surface area contributed by atoms with Crippen LogP contribution in [0.25, 0.3) is 0 Å². The third kappa shape index (κ3) is 2.00. The highest BCUT2D eigenvalue weighted by Crippen LogP contribution is 2.18. The Hall–Kier alpha value is -2.37. The van der Waals surface area contributed by atoms with Crippen molar-refractivity contribution in [2.75, 3.05) is 5.73 Å². The fourth-order valence-electron chi connectivity index (χ4n) is 1.42. The minimum atomic E-state index is -0.538. The van der Waals surface area contributed by atoms with Gasteiger partial charge in [0.05, 0.1) is 11.5 Å². The van der Waals surface area contributed by atoms with E-state index in [2.05, 4.69) is 5.10 Å². The predicted molar refractivity (Wildman–Crippen MR) is 58.8 cm³/mol. The summed E-state index contributed by atoms with van der Waals surface area (Å²) in [5.74, 6) is -0.0547. The Balaban J connectivity index is 2.23. The fraction of sp³-hybridized carbons (Fsp3) is 0.100. The van der Waals surface area contributed by atoms with Gasteiger partial charge in [-0.1, -0.05) is 30.3 Å². The van der Waals surface area contributed by atoms with E-state index in [1.54, 1.807) is 0 Å². The van der Waals surface area contributed by atoms with Crippen LogP contribution in [-0.4, -0.2) is 14.7 Å². The summed E-state index contributed by atoms with van der Waals surface area (Å²) in [7, 11) is 0. The molecule has 0 fully saturated rings. The van der Waals surface area contributed by atoms with Crippen LogP contribution in [0.2, 0.25) is 0 Å². The van der Waals surface area contributed by atoms with Gasteiger partial charge in [-0.05, 0) is 5.56 Å². The number of nitrogens with two attached hydrogens (primary N) is 1. The van der Waals surface area contributed by atoms with Crippen LogP contribution in [0.4, 0.5) is 11.5 Å². The second-order valence-electron chi connectivity index (χ2n) is 3.34. The Morgan fingerprint density at radius 3 is 2.62 bits per heavy atom. The molecule has 0 bridgehead atoms. The van der Waals surface area contributed by atoms with Crippen LogP contribution < -0.4 is 5.73 Å². The Morgan fingerprint density at radius 1 is 1.38 bits per heavy atom. The molecule has 2 rings (SSSR count). The van der Waals surface area contributed by atoms with Crippen LogP contribution in [-0.2, 0) is 6.54 Å². The molecule has 2 aromatic rings. The number of hydrogen-bond acceptors (Lipinski definition) is 4. The number of aromatic nitrogens is 2. The maximum Gasteiger partial charge on any atom is 0.330 e. The van der Waals surface area contributed by atoms with E-state index in [9.17, 15) is 10.1 Å². The first-order chi connectivity index (χ1) is 7.66. The molecule has 0 unspecified atom stereocenters. The highest BCUT2D eigenvalue weighted by Gasteiger charge is 2.16. The van der Waals surface area contributed by atoms with E-state index in [1.807, 2.05) is 30.3 Å². The van der Waals surface area contributed by atoms with Crippen molar-refractivity contribution in [3.05, 3.63) is 52.2 Å². The second-order valence-corrected chi connectivity index (χ2v) is 3.34. The van der Waals surface area contributed by atoms with E-state index >= 15 is 0 Å². The van der Waals surface area contributed by atoms with Crippen molar-refractivity contribution >= 4 is 11.5 Å². The molecule has 0 amide bonds. The number of hydrogen-bond donors (Lipinski definition) is 1. The van der Waals surface area contributed by atoms with Gasteiger partial charge >= 0.3 is 5.69 Å². The van der Waals surface area contributed by atoms with Crippen molar-refractivity contribution < 1.29 is 4.92 Å². The van der Waals surface area contributed by atoms with E-state index in [0.717, 1.165) is 5.56 Å². The number of benzene rings is 1. The van der Waals surface area contributed by atoms with Crippen molar-refractivity contribution in [2.45, 2.75) is 6.54 Å². The lowest BCUT2D eigenvalue weighted by atomic mass is 10.2. The van der Waals surface area contributed by atoms with Crippen LogP contribution in [0.1, 0.15) is 5.56 Å². The van der Waals surface area contributed by atoms with Crippen LogP contribution in [0.3, 0.4) is 0 Å². The van der Waals surface area contributed by atoms with Crippen LogP contribution in [0.15, 0.2) is 36.5 Å². The topological polar surface area (TPSA) is 87.0 Å². The first-order valence-corrected chi connectivity index (χ1v) is 4.68. The average Bonchev–Trinajstić information content (AvgIpc) is 2.61. The molecule has 0 saturated heterocycles. The summed E-state index contributed by atoms with van der Waals surface area (Å²) in [4.78, 5) is 10.0. The van der Waals surface area contributed by atoms with Gasteiger partial charge in [0.25, 0.3) is 0 Å². The van der Waals surface area contributed by atoms with E-state index in [0.29, 0.717) is 6.54 Å². The van der Waals surface area contributed by atoms with Crippen LogP contribution >= 0.6 is 0 Å². The third-order valence-corrected chi connectivity index (χ3v) is 2.15. The molecule has 0 aliphatic heterocycles. The normalized spacial score (nSPS) is 10.2. The Labute approximate surface area is 91.5 Å². The van der Waals surface area contributed by atoms with Gasteiger partial charge in [0.2, 0.25) is 5.82 Å². The van der Waals surface area contributed by atoms with Gasteiger partial charge in [-0.15, -0.1) is 5.10 Å². The SMILES string of the molecule is Nc1nn(Cc2ccccc2)cc1[N+](=O)[O-]. The first kappa shape index (κ1) is 10.2. The largest absolute Gasteiger partial charge is 0.376 e. The Kier molecular flexibility index (Phi) is 2.55. The number of rotatable bonds is 3. The van der Waals surface area contributed by atoms with E-state index in [4.69, 9.17) is 5.73 Å². The number of nitrogens with zero attached hydrogens (tertiary/aromatic N) is 3. The molecule has 0 radical (unpaired) electrons. The van der Waals surface area contributed by atoms with Gasteiger partial charge in [0.15, 0.2) is 0 Å². The molecule has 1 heterocycles. The molecule has 82 valence electrons. The number of nitrogen functional groups attached to an aromatic ring is 1. The number of anilines is 1. The molecular weight excluding hydrogens is 208 g/mol. The Bertz CT molecular complexity index is 507. The van der Waals surface area contributed by atoms with Crippen LogP contribution in [0, 0.1) is 10.1 Å². The number of nitro groups is 1. The highest BCUT2D eigenvalue weighted by atomic mass is 16.6. The smallest absolute Gasteiger partial charge is 0.330 e. The molecular formula is C10H10N4O2. The summed E-state index contributed by atoms with van der Waals surface area (Å²) in [5.41, 5.74) is 6.28. The minimum absolute atomic E-state index is 0.0547. The molecule has 16 heavy (non-hydrogen) atoms. The van der Waals surface area contributed by atoms with Gasteiger partial charge in [-0.2, -0.15) is 0 Å². The molecule has 1 aromatic heterocycles. The van der Waals surface area contributed by atoms with Crippen molar-refractivity contribution in [3.8, 4) is 0 Å².